The molecule has 0 saturated carbocycles. The normalized spacial score (nSPS) is 10.4. The molecule has 0 saturated heterocycles. The van der Waals surface area contributed by atoms with E-state index >= 15 is 0 Å². The number of hydrogen-bond donors (Lipinski definition) is 0. The lowest BCUT2D eigenvalue weighted by Crippen LogP contribution is -2.07. The molecule has 2 aromatic rings. The minimum atomic E-state index is 0.671. The van der Waals surface area contributed by atoms with Gasteiger partial charge in [0.25, 0.3) is 0 Å². The number of anilines is 1. The zero-order valence-corrected chi connectivity index (χ0v) is 11.8. The maximum Gasteiger partial charge on any atom is 0.208 e. The Hall–Kier alpha value is -0.730. The molecule has 0 N–H and O–H groups in total. The van der Waals surface area contributed by atoms with Gasteiger partial charge in [-0.05, 0) is 27.7 Å². The first kappa shape index (κ1) is 11.7. The fraction of sp³-hybridized carbons (Fsp3) is 0.250. The van der Waals surface area contributed by atoms with Gasteiger partial charge in [0.1, 0.15) is 0 Å². The lowest BCUT2D eigenvalue weighted by atomic mass is 10.7. The molecule has 2 heterocycles. The van der Waals surface area contributed by atoms with Crippen LogP contribution in [0.2, 0.25) is 0 Å². The largest absolute Gasteiger partial charge is 0.353 e. The average molecular weight is 318 g/mol. The molecule has 8 heteroatoms. The molecule has 2 rings (SSSR count). The van der Waals surface area contributed by atoms with Crippen molar-refractivity contribution in [3.8, 4) is 0 Å². The Morgan fingerprint density at radius 2 is 1.94 bits per heavy atom. The van der Waals surface area contributed by atoms with E-state index in [0.717, 1.165) is 13.9 Å². The summed E-state index contributed by atoms with van der Waals surface area (Å²) in [5.74, 6) is 0. The maximum atomic E-state index is 4.16. The van der Waals surface area contributed by atoms with Gasteiger partial charge in [0.2, 0.25) is 5.13 Å². The van der Waals surface area contributed by atoms with Crippen molar-refractivity contribution >= 4 is 44.2 Å². The lowest BCUT2D eigenvalue weighted by Gasteiger charge is -2.03. The van der Waals surface area contributed by atoms with E-state index in [1.165, 1.54) is 23.1 Å². The van der Waals surface area contributed by atoms with Gasteiger partial charge in [0.15, 0.2) is 9.50 Å². The Labute approximate surface area is 109 Å². The second kappa shape index (κ2) is 5.07. The monoisotopic (exact) mass is 317 g/mol. The molecule has 0 amide bonds. The number of halogens is 1. The van der Waals surface area contributed by atoms with Crippen molar-refractivity contribution in [2.75, 3.05) is 19.0 Å². The molecule has 0 radical (unpaired) electrons. The number of aromatic nitrogens is 4. The van der Waals surface area contributed by atoms with Gasteiger partial charge in [0.05, 0.1) is 4.47 Å². The lowest BCUT2D eigenvalue weighted by molar-refractivity contribution is 0.941. The van der Waals surface area contributed by atoms with Crippen molar-refractivity contribution in [1.82, 2.24) is 20.2 Å². The van der Waals surface area contributed by atoms with Crippen LogP contribution in [0.3, 0.4) is 0 Å². The van der Waals surface area contributed by atoms with E-state index in [2.05, 4.69) is 36.1 Å². The highest BCUT2D eigenvalue weighted by molar-refractivity contribution is 9.10. The summed E-state index contributed by atoms with van der Waals surface area (Å²) in [5, 5.41) is 9.64. The van der Waals surface area contributed by atoms with Crippen molar-refractivity contribution in [3.05, 3.63) is 16.9 Å². The Bertz CT molecular complexity index is 470. The Kier molecular flexibility index (Phi) is 3.72. The molecular weight excluding hydrogens is 310 g/mol. The minimum Gasteiger partial charge on any atom is -0.353 e. The highest BCUT2D eigenvalue weighted by Gasteiger charge is 2.08. The van der Waals surface area contributed by atoms with Crippen LogP contribution in [-0.4, -0.2) is 34.3 Å². The van der Waals surface area contributed by atoms with Gasteiger partial charge in [-0.1, -0.05) is 11.3 Å². The van der Waals surface area contributed by atoms with Crippen LogP contribution in [0.15, 0.2) is 26.4 Å². The van der Waals surface area contributed by atoms with Crippen LogP contribution in [-0.2, 0) is 0 Å². The molecule has 0 spiro atoms. The van der Waals surface area contributed by atoms with Crippen LogP contribution in [0.1, 0.15) is 0 Å². The summed E-state index contributed by atoms with van der Waals surface area (Å²) in [6.07, 6.45) is 3.42. The van der Waals surface area contributed by atoms with E-state index in [0.29, 0.717) is 5.16 Å². The molecule has 0 unspecified atom stereocenters. The number of hydrogen-bond acceptors (Lipinski definition) is 7. The molecule has 2 aromatic heterocycles. The van der Waals surface area contributed by atoms with Crippen LogP contribution < -0.4 is 4.90 Å². The van der Waals surface area contributed by atoms with Crippen molar-refractivity contribution in [3.63, 3.8) is 0 Å². The molecule has 0 aliphatic rings. The summed E-state index contributed by atoms with van der Waals surface area (Å²) in [5.41, 5.74) is 0. The van der Waals surface area contributed by atoms with Crippen molar-refractivity contribution < 1.29 is 0 Å². The number of rotatable bonds is 3. The maximum absolute atomic E-state index is 4.16. The van der Waals surface area contributed by atoms with E-state index in [1.807, 2.05) is 19.0 Å². The van der Waals surface area contributed by atoms with E-state index in [1.54, 1.807) is 12.4 Å². The predicted molar refractivity (Wildman–Crippen MR) is 68.1 cm³/mol. The fourth-order valence-corrected chi connectivity index (χ4v) is 2.63. The third-order valence-electron chi connectivity index (χ3n) is 1.55. The molecule has 84 valence electrons. The van der Waals surface area contributed by atoms with Crippen molar-refractivity contribution in [1.29, 1.82) is 0 Å². The molecule has 0 bridgehead atoms. The standard InChI is InChI=1S/C8H8BrN5S2/c1-14(2)7-12-13-8(16-7)15-6-10-3-5(9)4-11-6/h3-4H,1-2H3. The van der Waals surface area contributed by atoms with Crippen LogP contribution in [0, 0.1) is 0 Å². The predicted octanol–water partition coefficient (Wildman–Crippen LogP) is 2.31. The highest BCUT2D eigenvalue weighted by atomic mass is 79.9. The summed E-state index contributed by atoms with van der Waals surface area (Å²) < 4.78 is 1.70. The summed E-state index contributed by atoms with van der Waals surface area (Å²) in [6.45, 7) is 0. The summed E-state index contributed by atoms with van der Waals surface area (Å²) in [4.78, 5) is 10.2. The third-order valence-corrected chi connectivity index (χ3v) is 4.00. The van der Waals surface area contributed by atoms with Gasteiger partial charge in [-0.15, -0.1) is 10.2 Å². The first-order valence-corrected chi connectivity index (χ1v) is 6.74. The van der Waals surface area contributed by atoms with Crippen LogP contribution in [0.5, 0.6) is 0 Å². The molecule has 0 fully saturated rings. The quantitative estimate of drug-likeness (QED) is 0.810. The summed E-state index contributed by atoms with van der Waals surface area (Å²) >= 11 is 6.21. The fourth-order valence-electron chi connectivity index (χ4n) is 0.856. The Balaban J connectivity index is 2.11. The van der Waals surface area contributed by atoms with Gasteiger partial charge in [-0.3, -0.25) is 0 Å². The second-order valence-electron chi connectivity index (χ2n) is 3.03. The molecule has 0 atom stereocenters. The van der Waals surface area contributed by atoms with E-state index in [-0.39, 0.29) is 0 Å². The molecular formula is C8H8BrN5S2. The summed E-state index contributed by atoms with van der Waals surface area (Å²) in [6, 6.07) is 0. The first-order chi connectivity index (χ1) is 7.65. The SMILES string of the molecule is CN(C)c1nnc(Sc2ncc(Br)cn2)s1. The summed E-state index contributed by atoms with van der Waals surface area (Å²) in [7, 11) is 3.87. The van der Waals surface area contributed by atoms with Crippen LogP contribution in [0.4, 0.5) is 5.13 Å². The smallest absolute Gasteiger partial charge is 0.208 e. The van der Waals surface area contributed by atoms with E-state index in [9.17, 15) is 0 Å². The molecule has 0 aromatic carbocycles. The van der Waals surface area contributed by atoms with E-state index in [4.69, 9.17) is 0 Å². The first-order valence-electron chi connectivity index (χ1n) is 4.31. The van der Waals surface area contributed by atoms with Crippen LogP contribution in [0.25, 0.3) is 0 Å². The molecule has 5 nitrogen and oxygen atoms in total. The molecule has 0 aliphatic carbocycles. The highest BCUT2D eigenvalue weighted by Crippen LogP contribution is 2.30. The van der Waals surface area contributed by atoms with Crippen molar-refractivity contribution in [2.45, 2.75) is 9.50 Å². The topological polar surface area (TPSA) is 54.8 Å². The Morgan fingerprint density at radius 3 is 2.50 bits per heavy atom. The van der Waals surface area contributed by atoms with Gasteiger partial charge in [-0.2, -0.15) is 0 Å². The zero-order valence-electron chi connectivity index (χ0n) is 8.59. The minimum absolute atomic E-state index is 0.671. The molecule has 0 aliphatic heterocycles. The van der Waals surface area contributed by atoms with Crippen LogP contribution >= 0.6 is 39.0 Å². The van der Waals surface area contributed by atoms with Crippen molar-refractivity contribution in [2.24, 2.45) is 0 Å². The van der Waals surface area contributed by atoms with Gasteiger partial charge < -0.3 is 4.90 Å². The van der Waals surface area contributed by atoms with Gasteiger partial charge in [0, 0.05) is 26.5 Å². The molecule has 16 heavy (non-hydrogen) atoms. The third kappa shape index (κ3) is 2.89. The van der Waals surface area contributed by atoms with Gasteiger partial charge in [-0.25, -0.2) is 9.97 Å². The van der Waals surface area contributed by atoms with E-state index < -0.39 is 0 Å². The Morgan fingerprint density at radius 1 is 1.25 bits per heavy atom. The number of nitrogens with zero attached hydrogens (tertiary/aromatic N) is 5. The van der Waals surface area contributed by atoms with Gasteiger partial charge >= 0.3 is 0 Å². The second-order valence-corrected chi connectivity index (χ2v) is 6.12. The zero-order chi connectivity index (χ0) is 11.5. The average Bonchev–Trinajstić information content (AvgIpc) is 2.70.